The van der Waals surface area contributed by atoms with Crippen molar-refractivity contribution in [1.82, 2.24) is 25.2 Å². The van der Waals surface area contributed by atoms with E-state index in [1.165, 1.54) is 6.42 Å². The lowest BCUT2D eigenvalue weighted by atomic mass is 9.81. The van der Waals surface area contributed by atoms with Crippen molar-refractivity contribution >= 4 is 22.6 Å². The number of amides is 1. The summed E-state index contributed by atoms with van der Waals surface area (Å²) in [5.41, 5.74) is 5.97. The van der Waals surface area contributed by atoms with Crippen LogP contribution in [0.4, 0.5) is 5.69 Å². The van der Waals surface area contributed by atoms with Crippen LogP contribution in [0.2, 0.25) is 0 Å². The molecule has 2 atom stereocenters. The number of piperazine rings is 1. The quantitative estimate of drug-likeness (QED) is 0.625. The summed E-state index contributed by atoms with van der Waals surface area (Å²) in [5, 5.41) is 2.64. The Kier molecular flexibility index (Phi) is 5.62. The molecule has 3 aromatic rings. The molecule has 0 radical (unpaired) electrons. The van der Waals surface area contributed by atoms with E-state index in [1.54, 1.807) is 7.05 Å². The molecule has 33 heavy (non-hydrogen) atoms. The predicted octanol–water partition coefficient (Wildman–Crippen LogP) is 2.40. The normalized spacial score (nSPS) is 20.4. The fraction of sp³-hybridized carbons (Fsp3) is 0.440. The van der Waals surface area contributed by atoms with Gasteiger partial charge in [0.25, 0.3) is 11.5 Å². The number of aromatic amines is 1. The van der Waals surface area contributed by atoms with Crippen LogP contribution in [-0.4, -0.2) is 58.0 Å². The summed E-state index contributed by atoms with van der Waals surface area (Å²) in [7, 11) is 1.62. The van der Waals surface area contributed by atoms with Gasteiger partial charge >= 0.3 is 0 Å². The van der Waals surface area contributed by atoms with E-state index >= 15 is 0 Å². The van der Waals surface area contributed by atoms with E-state index < -0.39 is 0 Å². The van der Waals surface area contributed by atoms with Gasteiger partial charge in [-0.05, 0) is 56.0 Å². The van der Waals surface area contributed by atoms with Crippen molar-refractivity contribution in [3.63, 3.8) is 0 Å². The molecule has 1 aliphatic heterocycles. The van der Waals surface area contributed by atoms with Crippen molar-refractivity contribution in [3.8, 4) is 0 Å². The minimum absolute atomic E-state index is 0.0250. The molecule has 1 saturated heterocycles. The molecule has 2 aliphatic rings. The molecule has 5 rings (SSSR count). The molecule has 0 aromatic carbocycles. The Hall–Kier alpha value is -3.26. The molecule has 2 fully saturated rings. The smallest absolute Gasteiger partial charge is 0.269 e. The Labute approximate surface area is 193 Å². The van der Waals surface area contributed by atoms with E-state index in [9.17, 15) is 9.59 Å². The van der Waals surface area contributed by atoms with Crippen LogP contribution in [0.15, 0.2) is 35.3 Å². The van der Waals surface area contributed by atoms with Gasteiger partial charge in [-0.2, -0.15) is 0 Å². The molecule has 3 aromatic heterocycles. The number of aromatic nitrogens is 3. The average Bonchev–Trinajstić information content (AvgIpc) is 2.79. The molecule has 172 valence electrons. The first-order chi connectivity index (χ1) is 16.0. The summed E-state index contributed by atoms with van der Waals surface area (Å²) in [6.45, 7) is 6.64. The third kappa shape index (κ3) is 3.88. The number of rotatable bonds is 5. The fourth-order valence-corrected chi connectivity index (χ4v) is 5.18. The molecule has 0 spiro atoms. The molecular weight excluding hydrogens is 416 g/mol. The Morgan fingerprint density at radius 2 is 2.03 bits per heavy atom. The summed E-state index contributed by atoms with van der Waals surface area (Å²) in [6.07, 6.45) is 4.96. The molecule has 0 bridgehead atoms. The van der Waals surface area contributed by atoms with Crippen LogP contribution < -0.4 is 15.8 Å². The highest BCUT2D eigenvalue weighted by atomic mass is 16.1. The molecule has 8 heteroatoms. The highest BCUT2D eigenvalue weighted by Gasteiger charge is 2.43. The molecule has 1 amide bonds. The van der Waals surface area contributed by atoms with Crippen molar-refractivity contribution in [2.45, 2.75) is 51.7 Å². The number of pyridine rings is 3. The maximum atomic E-state index is 12.2. The van der Waals surface area contributed by atoms with Crippen LogP contribution in [0, 0.1) is 6.92 Å². The van der Waals surface area contributed by atoms with Gasteiger partial charge in [0.05, 0.1) is 22.4 Å². The second-order valence-corrected chi connectivity index (χ2v) is 9.01. The van der Waals surface area contributed by atoms with Crippen LogP contribution in [0.5, 0.6) is 0 Å². The third-order valence-corrected chi connectivity index (χ3v) is 7.12. The molecule has 8 nitrogen and oxygen atoms in total. The van der Waals surface area contributed by atoms with Gasteiger partial charge < -0.3 is 15.2 Å². The number of nitrogens with one attached hydrogen (secondary N) is 2. The van der Waals surface area contributed by atoms with Gasteiger partial charge in [-0.25, -0.2) is 4.98 Å². The monoisotopic (exact) mass is 446 g/mol. The molecular formula is C25H30N6O2. The summed E-state index contributed by atoms with van der Waals surface area (Å²) in [4.78, 5) is 41.3. The lowest BCUT2D eigenvalue weighted by Gasteiger charge is -2.55. The van der Waals surface area contributed by atoms with Gasteiger partial charge in [0.15, 0.2) is 0 Å². The van der Waals surface area contributed by atoms with Crippen molar-refractivity contribution in [2.24, 2.45) is 0 Å². The van der Waals surface area contributed by atoms with Gasteiger partial charge in [0, 0.05) is 50.5 Å². The standard InChI is InChI=1S/C25H30N6O2/c1-4-17-12-19-20(29-24(17)32)11-16(13-27-19)14-30-9-10-31(23-8-7-22(23)30)21-6-5-18(25(33)26-3)28-15(21)2/h5-6,11-13,22-23H,4,7-10,14H2,1-3H3,(H,26,33)(H,29,32)/t22?,23-/m1/s1. The minimum atomic E-state index is -0.160. The second-order valence-electron chi connectivity index (χ2n) is 9.01. The van der Waals surface area contributed by atoms with E-state index in [0.29, 0.717) is 24.2 Å². The molecule has 1 unspecified atom stereocenters. The number of carbonyl (C=O) groups excluding carboxylic acids is 1. The maximum absolute atomic E-state index is 12.2. The van der Waals surface area contributed by atoms with E-state index in [4.69, 9.17) is 0 Å². The summed E-state index contributed by atoms with van der Waals surface area (Å²) < 4.78 is 0. The van der Waals surface area contributed by atoms with Gasteiger partial charge in [-0.3, -0.25) is 19.5 Å². The Bertz CT molecular complexity index is 1270. The number of hydrogen-bond donors (Lipinski definition) is 2. The third-order valence-electron chi connectivity index (χ3n) is 7.12. The van der Waals surface area contributed by atoms with Crippen LogP contribution >= 0.6 is 0 Å². The lowest BCUT2D eigenvalue weighted by molar-refractivity contribution is 0.0658. The number of nitrogens with zero attached hydrogens (tertiary/aromatic N) is 4. The van der Waals surface area contributed by atoms with Crippen molar-refractivity contribution < 1.29 is 4.79 Å². The summed E-state index contributed by atoms with van der Waals surface area (Å²) >= 11 is 0. The maximum Gasteiger partial charge on any atom is 0.269 e. The highest BCUT2D eigenvalue weighted by Crippen LogP contribution is 2.38. The topological polar surface area (TPSA) is 94.2 Å². The molecule has 1 saturated carbocycles. The van der Waals surface area contributed by atoms with Crippen LogP contribution in [0.25, 0.3) is 11.0 Å². The first-order valence-electron chi connectivity index (χ1n) is 11.7. The highest BCUT2D eigenvalue weighted by molar-refractivity contribution is 5.92. The Morgan fingerprint density at radius 3 is 2.73 bits per heavy atom. The first-order valence-corrected chi connectivity index (χ1v) is 11.7. The molecule has 4 heterocycles. The van der Waals surface area contributed by atoms with Gasteiger partial charge in [-0.15, -0.1) is 0 Å². The van der Waals surface area contributed by atoms with Crippen LogP contribution in [0.3, 0.4) is 0 Å². The predicted molar refractivity (Wildman–Crippen MR) is 129 cm³/mol. The van der Waals surface area contributed by atoms with E-state index in [1.807, 2.05) is 38.2 Å². The van der Waals surface area contributed by atoms with Gasteiger partial charge in [0.1, 0.15) is 5.69 Å². The molecule has 2 N–H and O–H groups in total. The van der Waals surface area contributed by atoms with Crippen molar-refractivity contribution in [1.29, 1.82) is 0 Å². The van der Waals surface area contributed by atoms with E-state index in [2.05, 4.69) is 36.1 Å². The van der Waals surface area contributed by atoms with Crippen molar-refractivity contribution in [3.05, 3.63) is 63.3 Å². The number of anilines is 1. The van der Waals surface area contributed by atoms with Gasteiger partial charge in [0.2, 0.25) is 0 Å². The van der Waals surface area contributed by atoms with Crippen molar-refractivity contribution in [2.75, 3.05) is 25.0 Å². The first kappa shape index (κ1) is 21.6. The summed E-state index contributed by atoms with van der Waals surface area (Å²) in [5.74, 6) is -0.160. The Balaban J connectivity index is 1.33. The number of hydrogen-bond acceptors (Lipinski definition) is 6. The zero-order valence-electron chi connectivity index (χ0n) is 19.4. The zero-order valence-corrected chi connectivity index (χ0v) is 19.4. The number of fused-ring (bicyclic) bond motifs is 2. The Morgan fingerprint density at radius 1 is 1.21 bits per heavy atom. The van der Waals surface area contributed by atoms with Crippen LogP contribution in [0.1, 0.15) is 47.1 Å². The van der Waals surface area contributed by atoms with E-state index in [0.717, 1.165) is 59.6 Å². The zero-order chi connectivity index (χ0) is 23.1. The average molecular weight is 447 g/mol. The lowest BCUT2D eigenvalue weighted by Crippen LogP contribution is -2.64. The number of H-pyrrole nitrogens is 1. The largest absolute Gasteiger partial charge is 0.364 e. The SMILES string of the molecule is CCc1cc2ncc(CN3CCN(c4ccc(C(=O)NC)nc4C)[C@@H]4CCC43)cc2[nH]c1=O. The van der Waals surface area contributed by atoms with E-state index in [-0.39, 0.29) is 11.5 Å². The van der Waals surface area contributed by atoms with Gasteiger partial charge in [-0.1, -0.05) is 6.92 Å². The fourth-order valence-electron chi connectivity index (χ4n) is 5.18. The molecule has 1 aliphatic carbocycles. The minimum Gasteiger partial charge on any atom is -0.364 e. The number of aryl methyl sites for hydroxylation is 2. The number of carbonyl (C=O) groups is 1. The summed E-state index contributed by atoms with van der Waals surface area (Å²) in [6, 6.07) is 8.73. The van der Waals surface area contributed by atoms with Crippen LogP contribution in [-0.2, 0) is 13.0 Å². The second kappa shape index (κ2) is 8.59.